The smallest absolute Gasteiger partial charge is 0.335 e. The lowest BCUT2D eigenvalue weighted by Crippen LogP contribution is -2.27. The molecule has 2 rings (SSSR count). The number of carboxylic acid groups (broad SMARTS) is 1. The molecular weight excluding hydrogens is 394 g/mol. The summed E-state index contributed by atoms with van der Waals surface area (Å²) in [7, 11) is 2.55. The van der Waals surface area contributed by atoms with Gasteiger partial charge in [-0.1, -0.05) is 24.3 Å². The third-order valence-corrected chi connectivity index (χ3v) is 4.40. The minimum absolute atomic E-state index is 0.0537. The quantitative estimate of drug-likeness (QED) is 0.349. The highest BCUT2D eigenvalue weighted by Crippen LogP contribution is 2.13. The highest BCUT2D eigenvalue weighted by molar-refractivity contribution is 7.27. The molecular formula is C21H22FN2O4P. The number of carboxylic acids is 1. The zero-order valence-corrected chi connectivity index (χ0v) is 17.0. The number of hydrogen-bond acceptors (Lipinski definition) is 4. The van der Waals surface area contributed by atoms with Crippen molar-refractivity contribution in [2.75, 3.05) is 6.61 Å². The second kappa shape index (κ2) is 10.4. The molecule has 1 unspecified atom stereocenters. The third kappa shape index (κ3) is 6.73. The molecule has 0 aliphatic heterocycles. The van der Waals surface area contributed by atoms with Crippen LogP contribution >= 0.6 is 9.24 Å². The van der Waals surface area contributed by atoms with Crippen LogP contribution in [0.1, 0.15) is 21.5 Å². The first-order chi connectivity index (χ1) is 13.8. The average molecular weight is 416 g/mol. The van der Waals surface area contributed by atoms with Crippen LogP contribution in [0, 0.1) is 6.92 Å². The van der Waals surface area contributed by atoms with Crippen molar-refractivity contribution in [2.24, 2.45) is 5.73 Å². The van der Waals surface area contributed by atoms with Crippen LogP contribution in [0.25, 0.3) is 0 Å². The number of aromatic carboxylic acids is 1. The lowest BCUT2D eigenvalue weighted by Gasteiger charge is -2.12. The maximum absolute atomic E-state index is 13.6. The van der Waals surface area contributed by atoms with Gasteiger partial charge in [0.05, 0.1) is 11.1 Å². The van der Waals surface area contributed by atoms with E-state index in [1.807, 2.05) is 12.1 Å². The van der Waals surface area contributed by atoms with Crippen molar-refractivity contribution in [1.29, 1.82) is 0 Å². The molecule has 0 radical (unpaired) electrons. The number of carbonyl (C=O) groups is 2. The summed E-state index contributed by atoms with van der Waals surface area (Å²) in [6.07, 6.45) is 1.77. The summed E-state index contributed by atoms with van der Waals surface area (Å²) in [4.78, 5) is 23.6. The Bertz CT molecular complexity index is 956. The van der Waals surface area contributed by atoms with Crippen LogP contribution < -0.4 is 21.1 Å². The molecule has 2 aromatic rings. The van der Waals surface area contributed by atoms with Gasteiger partial charge in [0, 0.05) is 12.7 Å². The topological polar surface area (TPSA) is 102 Å². The van der Waals surface area contributed by atoms with E-state index in [2.05, 4.69) is 14.6 Å². The molecule has 8 heteroatoms. The molecule has 0 aliphatic rings. The van der Waals surface area contributed by atoms with E-state index in [0.717, 1.165) is 17.6 Å². The fraction of sp³-hybridized carbons (Fsp3) is 0.143. The molecule has 29 heavy (non-hydrogen) atoms. The molecule has 0 aliphatic carbocycles. The molecule has 4 N–H and O–H groups in total. The Balaban J connectivity index is 2.07. The first-order valence-electron chi connectivity index (χ1n) is 8.67. The largest absolute Gasteiger partial charge is 0.489 e. The molecule has 0 saturated carbocycles. The number of nitrogens with two attached hydrogens (primary N) is 1. The van der Waals surface area contributed by atoms with Gasteiger partial charge in [-0.25, -0.2) is 9.18 Å². The summed E-state index contributed by atoms with van der Waals surface area (Å²) in [5.74, 6) is -1.77. The number of carbonyl (C=O) groups excluding carboxylic acids is 1. The van der Waals surface area contributed by atoms with Crippen LogP contribution in [-0.2, 0) is 11.3 Å². The Morgan fingerprint density at radius 2 is 1.93 bits per heavy atom. The van der Waals surface area contributed by atoms with Crippen LogP contribution in [-0.4, -0.2) is 23.6 Å². The first kappa shape index (κ1) is 22.1. The Morgan fingerprint density at radius 1 is 1.24 bits per heavy atom. The van der Waals surface area contributed by atoms with E-state index in [4.69, 9.17) is 15.6 Å². The number of rotatable bonds is 8. The van der Waals surface area contributed by atoms with Gasteiger partial charge in [-0.2, -0.15) is 0 Å². The molecule has 0 aromatic heterocycles. The van der Waals surface area contributed by atoms with E-state index < -0.39 is 17.7 Å². The fourth-order valence-corrected chi connectivity index (χ4v) is 2.68. The highest BCUT2D eigenvalue weighted by Gasteiger charge is 2.13. The molecule has 0 bridgehead atoms. The van der Waals surface area contributed by atoms with Gasteiger partial charge >= 0.3 is 5.97 Å². The third-order valence-electron chi connectivity index (χ3n) is 4.01. The van der Waals surface area contributed by atoms with Gasteiger partial charge in [-0.15, -0.1) is 9.24 Å². The van der Waals surface area contributed by atoms with E-state index in [-0.39, 0.29) is 24.3 Å². The van der Waals surface area contributed by atoms with E-state index in [9.17, 15) is 14.0 Å². The Kier molecular flexibility index (Phi) is 7.92. The zero-order chi connectivity index (χ0) is 21.4. The normalized spacial score (nSPS) is 11.8. The maximum Gasteiger partial charge on any atom is 0.335 e. The average Bonchev–Trinajstić information content (AvgIpc) is 2.70. The van der Waals surface area contributed by atoms with Gasteiger partial charge in [-0.05, 0) is 47.6 Å². The van der Waals surface area contributed by atoms with E-state index in [1.165, 1.54) is 6.07 Å². The molecule has 1 atom stereocenters. The second-order valence-electron chi connectivity index (χ2n) is 6.22. The summed E-state index contributed by atoms with van der Waals surface area (Å²) in [5, 5.41) is 12.7. The highest BCUT2D eigenvalue weighted by atomic mass is 31.0. The minimum atomic E-state index is -1.01. The van der Waals surface area contributed by atoms with Crippen LogP contribution in [0.4, 0.5) is 4.39 Å². The van der Waals surface area contributed by atoms with Gasteiger partial charge in [0.1, 0.15) is 18.2 Å². The van der Waals surface area contributed by atoms with Crippen molar-refractivity contribution in [3.8, 4) is 5.75 Å². The van der Waals surface area contributed by atoms with Crippen LogP contribution in [0.3, 0.4) is 0 Å². The van der Waals surface area contributed by atoms with Crippen LogP contribution in [0.2, 0.25) is 0 Å². The standard InChI is InChI=1S/C21H22FN2O4P/c1-13-8-14(2-7-19(13)21(26)27)11-24-20(25)15(9-16(22)10-23)12-28-17-3-5-18(29)6-4-17/h2-10H,11-12,23,29H2,1H3,(H,24,25)(H,26,27)/b15-9+,16-10+. The Labute approximate surface area is 170 Å². The summed E-state index contributed by atoms with van der Waals surface area (Å²) < 4.78 is 19.2. The van der Waals surface area contributed by atoms with E-state index in [0.29, 0.717) is 16.9 Å². The maximum atomic E-state index is 13.6. The van der Waals surface area contributed by atoms with Crippen molar-refractivity contribution in [3.05, 3.63) is 82.8 Å². The predicted octanol–water partition coefficient (Wildman–Crippen LogP) is 2.58. The molecule has 2 aromatic carbocycles. The van der Waals surface area contributed by atoms with Crippen LogP contribution in [0.5, 0.6) is 5.75 Å². The van der Waals surface area contributed by atoms with Crippen molar-refractivity contribution >= 4 is 26.4 Å². The number of nitrogens with one attached hydrogen (secondary N) is 1. The summed E-state index contributed by atoms with van der Waals surface area (Å²) in [6, 6.07) is 11.9. The second-order valence-corrected chi connectivity index (χ2v) is 6.88. The van der Waals surface area contributed by atoms with Crippen molar-refractivity contribution in [2.45, 2.75) is 13.5 Å². The number of benzene rings is 2. The fourth-order valence-electron chi connectivity index (χ4n) is 2.48. The molecule has 0 spiro atoms. The molecule has 0 heterocycles. The van der Waals surface area contributed by atoms with Crippen molar-refractivity contribution in [1.82, 2.24) is 5.32 Å². The predicted molar refractivity (Wildman–Crippen MR) is 113 cm³/mol. The van der Waals surface area contributed by atoms with Crippen molar-refractivity contribution < 1.29 is 23.8 Å². The number of aryl methyl sites for hydroxylation is 1. The number of hydrogen-bond donors (Lipinski definition) is 3. The molecule has 0 fully saturated rings. The Morgan fingerprint density at radius 3 is 2.52 bits per heavy atom. The minimum Gasteiger partial charge on any atom is -0.489 e. The summed E-state index contributed by atoms with van der Waals surface area (Å²) in [5.41, 5.74) is 6.71. The lowest BCUT2D eigenvalue weighted by atomic mass is 10.1. The van der Waals surface area contributed by atoms with Gasteiger partial charge in [0.25, 0.3) is 5.91 Å². The van der Waals surface area contributed by atoms with Crippen molar-refractivity contribution in [3.63, 3.8) is 0 Å². The number of allylic oxidation sites excluding steroid dienone is 2. The van der Waals surface area contributed by atoms with E-state index in [1.54, 1.807) is 31.2 Å². The first-order valence-corrected chi connectivity index (χ1v) is 9.25. The summed E-state index contributed by atoms with van der Waals surface area (Å²) in [6.45, 7) is 1.67. The van der Waals surface area contributed by atoms with Gasteiger partial charge in [-0.3, -0.25) is 4.79 Å². The van der Waals surface area contributed by atoms with E-state index >= 15 is 0 Å². The Hall–Kier alpha value is -3.18. The molecule has 152 valence electrons. The van der Waals surface area contributed by atoms with Gasteiger partial charge in [0.15, 0.2) is 0 Å². The zero-order valence-electron chi connectivity index (χ0n) is 15.8. The summed E-state index contributed by atoms with van der Waals surface area (Å²) >= 11 is 0. The number of amides is 1. The van der Waals surface area contributed by atoms with Gasteiger partial charge in [0.2, 0.25) is 0 Å². The number of ether oxygens (including phenoxy) is 1. The SMILES string of the molecule is Cc1cc(CNC(=O)/C(=C/C(F)=C\N)COc2ccc(P)cc2)ccc1C(=O)O. The lowest BCUT2D eigenvalue weighted by molar-refractivity contribution is -0.118. The molecule has 1 amide bonds. The van der Waals surface area contributed by atoms with Crippen LogP contribution in [0.15, 0.2) is 66.1 Å². The molecule has 6 nitrogen and oxygen atoms in total. The molecule has 0 saturated heterocycles. The number of halogens is 1. The monoisotopic (exact) mass is 416 g/mol. The van der Waals surface area contributed by atoms with Gasteiger partial charge < -0.3 is 20.9 Å².